The van der Waals surface area contributed by atoms with Crippen molar-refractivity contribution in [1.82, 2.24) is 20.0 Å². The van der Waals surface area contributed by atoms with Gasteiger partial charge in [-0.15, -0.1) is 0 Å². The lowest BCUT2D eigenvalue weighted by molar-refractivity contribution is -0.140. The number of morpholine rings is 1. The fourth-order valence-electron chi connectivity index (χ4n) is 4.91. The number of nitrogens with one attached hydrogen (secondary N) is 1. The number of hydrogen-bond donors (Lipinski definition) is 1. The summed E-state index contributed by atoms with van der Waals surface area (Å²) in [6.07, 6.45) is 2.37. The Labute approximate surface area is 185 Å². The second-order valence-corrected chi connectivity index (χ2v) is 9.20. The van der Waals surface area contributed by atoms with Gasteiger partial charge in [0.15, 0.2) is 0 Å². The highest BCUT2D eigenvalue weighted by Gasteiger charge is 2.34. The molecular formula is C24H36N4O3. The summed E-state index contributed by atoms with van der Waals surface area (Å²) in [5.74, 6) is 0.743. The predicted molar refractivity (Wildman–Crippen MR) is 120 cm³/mol. The van der Waals surface area contributed by atoms with E-state index in [-0.39, 0.29) is 24.3 Å². The minimum Gasteiger partial charge on any atom is -0.379 e. The third kappa shape index (κ3) is 6.05. The van der Waals surface area contributed by atoms with E-state index in [4.69, 9.17) is 4.74 Å². The molecule has 0 aromatic heterocycles. The van der Waals surface area contributed by atoms with Crippen LogP contribution in [0.3, 0.4) is 0 Å². The average Bonchev–Trinajstić information content (AvgIpc) is 2.79. The Bertz CT molecular complexity index is 740. The van der Waals surface area contributed by atoms with Crippen LogP contribution in [0.1, 0.15) is 30.4 Å². The molecule has 1 aromatic carbocycles. The standard InChI is InChI=1S/C24H36N4O3/c1-19-2-4-20(5-3-19)18-28-11-8-25-24(30)22(28)16-23(29)27-9-6-21(7-10-27)17-26-12-14-31-15-13-26/h2-5,21-22H,6-18H2,1H3,(H,25,30)/t22-/m0/s1. The molecule has 7 nitrogen and oxygen atoms in total. The number of aryl methyl sites for hydroxylation is 1. The topological polar surface area (TPSA) is 65.1 Å². The highest BCUT2D eigenvalue weighted by molar-refractivity contribution is 5.88. The number of ether oxygens (including phenoxy) is 1. The lowest BCUT2D eigenvalue weighted by Gasteiger charge is -2.38. The van der Waals surface area contributed by atoms with E-state index >= 15 is 0 Å². The molecule has 0 aliphatic carbocycles. The van der Waals surface area contributed by atoms with Gasteiger partial charge in [-0.25, -0.2) is 0 Å². The maximum atomic E-state index is 13.0. The van der Waals surface area contributed by atoms with Crippen molar-refractivity contribution in [3.8, 4) is 0 Å². The van der Waals surface area contributed by atoms with E-state index in [0.29, 0.717) is 19.0 Å². The zero-order chi connectivity index (χ0) is 21.6. The summed E-state index contributed by atoms with van der Waals surface area (Å²) in [6, 6.07) is 8.04. The van der Waals surface area contributed by atoms with Gasteiger partial charge in [0.25, 0.3) is 0 Å². The van der Waals surface area contributed by atoms with E-state index in [1.54, 1.807) is 0 Å². The molecule has 3 fully saturated rings. The molecule has 3 aliphatic heterocycles. The third-order valence-electron chi connectivity index (χ3n) is 6.90. The highest BCUT2D eigenvalue weighted by atomic mass is 16.5. The van der Waals surface area contributed by atoms with Crippen molar-refractivity contribution >= 4 is 11.8 Å². The molecule has 0 radical (unpaired) electrons. The molecule has 4 rings (SSSR count). The maximum absolute atomic E-state index is 13.0. The monoisotopic (exact) mass is 428 g/mol. The van der Waals surface area contributed by atoms with Crippen molar-refractivity contribution in [3.63, 3.8) is 0 Å². The molecule has 1 atom stereocenters. The molecule has 0 spiro atoms. The summed E-state index contributed by atoms with van der Waals surface area (Å²) >= 11 is 0. The van der Waals surface area contributed by atoms with Crippen LogP contribution in [0.5, 0.6) is 0 Å². The molecule has 7 heteroatoms. The van der Waals surface area contributed by atoms with E-state index in [9.17, 15) is 9.59 Å². The van der Waals surface area contributed by atoms with Gasteiger partial charge >= 0.3 is 0 Å². The van der Waals surface area contributed by atoms with Gasteiger partial charge in [0.1, 0.15) is 0 Å². The fraction of sp³-hybridized carbons (Fsp3) is 0.667. The van der Waals surface area contributed by atoms with E-state index in [1.165, 1.54) is 11.1 Å². The van der Waals surface area contributed by atoms with Gasteiger partial charge in [-0.05, 0) is 31.2 Å². The van der Waals surface area contributed by atoms with Crippen LogP contribution in [0.25, 0.3) is 0 Å². The van der Waals surface area contributed by atoms with Gasteiger partial charge in [-0.2, -0.15) is 0 Å². The van der Waals surface area contributed by atoms with Gasteiger partial charge in [0, 0.05) is 52.4 Å². The van der Waals surface area contributed by atoms with E-state index in [2.05, 4.69) is 46.3 Å². The molecular weight excluding hydrogens is 392 g/mol. The largest absolute Gasteiger partial charge is 0.379 e. The van der Waals surface area contributed by atoms with Crippen LogP contribution in [-0.4, -0.2) is 91.6 Å². The third-order valence-corrected chi connectivity index (χ3v) is 6.90. The first-order valence-electron chi connectivity index (χ1n) is 11.7. The molecule has 3 aliphatic rings. The molecule has 1 N–H and O–H groups in total. The van der Waals surface area contributed by atoms with Gasteiger partial charge < -0.3 is 15.0 Å². The van der Waals surface area contributed by atoms with Crippen molar-refractivity contribution in [1.29, 1.82) is 0 Å². The first kappa shape index (κ1) is 22.2. The van der Waals surface area contributed by atoms with Crippen LogP contribution < -0.4 is 5.32 Å². The molecule has 3 heterocycles. The molecule has 1 aromatic rings. The highest BCUT2D eigenvalue weighted by Crippen LogP contribution is 2.21. The van der Waals surface area contributed by atoms with E-state index in [1.807, 2.05) is 4.90 Å². The summed E-state index contributed by atoms with van der Waals surface area (Å²) in [4.78, 5) is 32.3. The first-order valence-corrected chi connectivity index (χ1v) is 11.7. The number of hydrogen-bond acceptors (Lipinski definition) is 5. The Morgan fingerprint density at radius 2 is 1.77 bits per heavy atom. The number of piperazine rings is 1. The zero-order valence-corrected chi connectivity index (χ0v) is 18.7. The normalized spacial score (nSPS) is 24.2. The van der Waals surface area contributed by atoms with Crippen LogP contribution in [0.2, 0.25) is 0 Å². The SMILES string of the molecule is Cc1ccc(CN2CCNC(=O)[C@@H]2CC(=O)N2CCC(CN3CCOCC3)CC2)cc1. The Kier molecular flexibility index (Phi) is 7.58. The smallest absolute Gasteiger partial charge is 0.237 e. The quantitative estimate of drug-likeness (QED) is 0.739. The van der Waals surface area contributed by atoms with Crippen LogP contribution >= 0.6 is 0 Å². The van der Waals surface area contributed by atoms with Crippen molar-refractivity contribution in [2.45, 2.75) is 38.8 Å². The van der Waals surface area contributed by atoms with Crippen LogP contribution in [-0.2, 0) is 20.9 Å². The number of benzene rings is 1. The summed E-state index contributed by atoms with van der Waals surface area (Å²) in [7, 11) is 0. The summed E-state index contributed by atoms with van der Waals surface area (Å²) in [5.41, 5.74) is 2.41. The second kappa shape index (κ2) is 10.6. The van der Waals surface area contributed by atoms with Crippen LogP contribution in [0.15, 0.2) is 24.3 Å². The van der Waals surface area contributed by atoms with Crippen LogP contribution in [0, 0.1) is 12.8 Å². The molecule has 170 valence electrons. The van der Waals surface area contributed by atoms with E-state index < -0.39 is 0 Å². The van der Waals surface area contributed by atoms with E-state index in [0.717, 1.165) is 65.3 Å². The minimum atomic E-state index is -0.381. The summed E-state index contributed by atoms with van der Waals surface area (Å²) in [5, 5.41) is 2.95. The Morgan fingerprint density at radius 3 is 2.48 bits per heavy atom. The number of carbonyl (C=O) groups is 2. The molecule has 0 saturated carbocycles. The molecule has 0 unspecified atom stereocenters. The number of amides is 2. The molecule has 0 bridgehead atoms. The van der Waals surface area contributed by atoms with Crippen molar-refractivity contribution in [2.75, 3.05) is 59.0 Å². The average molecular weight is 429 g/mol. The Balaban J connectivity index is 1.28. The molecule has 31 heavy (non-hydrogen) atoms. The second-order valence-electron chi connectivity index (χ2n) is 9.20. The first-order chi connectivity index (χ1) is 15.1. The molecule has 2 amide bonds. The van der Waals surface area contributed by atoms with Gasteiger partial charge in [-0.3, -0.25) is 19.4 Å². The van der Waals surface area contributed by atoms with Gasteiger partial charge in [-0.1, -0.05) is 29.8 Å². The zero-order valence-electron chi connectivity index (χ0n) is 18.7. The predicted octanol–water partition coefficient (Wildman–Crippen LogP) is 1.26. The maximum Gasteiger partial charge on any atom is 0.237 e. The Hall–Kier alpha value is -1.96. The lowest BCUT2D eigenvalue weighted by Crippen LogP contribution is -2.56. The molecule has 3 saturated heterocycles. The van der Waals surface area contributed by atoms with Crippen LogP contribution in [0.4, 0.5) is 0 Å². The van der Waals surface area contributed by atoms with Gasteiger partial charge in [0.05, 0.1) is 25.7 Å². The minimum absolute atomic E-state index is 0.0195. The summed E-state index contributed by atoms with van der Waals surface area (Å²) in [6.45, 7) is 10.6. The lowest BCUT2D eigenvalue weighted by atomic mass is 9.95. The number of nitrogens with zero attached hydrogens (tertiary/aromatic N) is 3. The van der Waals surface area contributed by atoms with Crippen molar-refractivity contribution in [3.05, 3.63) is 35.4 Å². The number of carbonyl (C=O) groups excluding carboxylic acids is 2. The van der Waals surface area contributed by atoms with Crippen molar-refractivity contribution < 1.29 is 14.3 Å². The van der Waals surface area contributed by atoms with Crippen molar-refractivity contribution in [2.24, 2.45) is 5.92 Å². The number of piperidine rings is 1. The number of likely N-dealkylation sites (tertiary alicyclic amines) is 1. The Morgan fingerprint density at radius 1 is 1.06 bits per heavy atom. The fourth-order valence-corrected chi connectivity index (χ4v) is 4.91. The number of rotatable bonds is 6. The summed E-state index contributed by atoms with van der Waals surface area (Å²) < 4.78 is 5.44. The van der Waals surface area contributed by atoms with Gasteiger partial charge in [0.2, 0.25) is 11.8 Å².